The Balaban J connectivity index is 2.26. The third-order valence-electron chi connectivity index (χ3n) is 3.49. The zero-order valence-electron chi connectivity index (χ0n) is 11.8. The summed E-state index contributed by atoms with van der Waals surface area (Å²) in [6.07, 6.45) is 3.91. The molecule has 3 unspecified atom stereocenters. The summed E-state index contributed by atoms with van der Waals surface area (Å²) in [4.78, 5) is 11.9. The van der Waals surface area contributed by atoms with Gasteiger partial charge in [0.2, 0.25) is 5.91 Å². The number of hydrogen-bond acceptors (Lipinski definition) is 3. The Bertz CT molecular complexity index is 255. The monoisotopic (exact) mass is 257 g/mol. The van der Waals surface area contributed by atoms with Crippen LogP contribution in [0.3, 0.4) is 0 Å². The maximum atomic E-state index is 11.9. The number of nitrogens with one attached hydrogen (secondary N) is 1. The fourth-order valence-corrected chi connectivity index (χ4v) is 2.14. The van der Waals surface area contributed by atoms with Crippen LogP contribution in [0.4, 0.5) is 0 Å². The lowest BCUT2D eigenvalue weighted by atomic mass is 9.92. The minimum atomic E-state index is -0.433. The number of carbonyl (C=O) groups excluding carboxylic acids is 1. The predicted molar refractivity (Wildman–Crippen MR) is 71.3 cm³/mol. The lowest BCUT2D eigenvalue weighted by Crippen LogP contribution is -2.48. The van der Waals surface area contributed by atoms with Gasteiger partial charge in [0, 0.05) is 6.61 Å². The quantitative estimate of drug-likeness (QED) is 0.763. The highest BCUT2D eigenvalue weighted by Gasteiger charge is 2.26. The molecule has 2 N–H and O–H groups in total. The minimum absolute atomic E-state index is 0.0950. The van der Waals surface area contributed by atoms with Crippen molar-refractivity contribution in [3.63, 3.8) is 0 Å². The molecular weight excluding hydrogens is 230 g/mol. The van der Waals surface area contributed by atoms with E-state index in [1.807, 2.05) is 0 Å². The standard InChI is InChI=1S/C14H27NO3/c1-10(2)8-9-18-11(3)14(17)15-12-6-4-5-7-13(12)16/h10-13,16H,4-9H2,1-3H3,(H,15,17). The molecule has 18 heavy (non-hydrogen) atoms. The van der Waals surface area contributed by atoms with Crippen molar-refractivity contribution in [1.29, 1.82) is 0 Å². The Morgan fingerprint density at radius 1 is 1.33 bits per heavy atom. The number of hydrogen-bond donors (Lipinski definition) is 2. The number of rotatable bonds is 6. The SMILES string of the molecule is CC(C)CCOC(C)C(=O)NC1CCCCC1O. The average molecular weight is 257 g/mol. The van der Waals surface area contributed by atoms with Crippen LogP contribution in [0, 0.1) is 5.92 Å². The predicted octanol–water partition coefficient (Wildman–Crippen LogP) is 1.86. The van der Waals surface area contributed by atoms with Gasteiger partial charge < -0.3 is 15.2 Å². The Labute approximate surface area is 110 Å². The van der Waals surface area contributed by atoms with Crippen molar-refractivity contribution in [2.24, 2.45) is 5.92 Å². The number of carbonyl (C=O) groups is 1. The third-order valence-corrected chi connectivity index (χ3v) is 3.49. The molecule has 106 valence electrons. The van der Waals surface area contributed by atoms with Crippen molar-refractivity contribution in [3.05, 3.63) is 0 Å². The molecule has 0 saturated heterocycles. The van der Waals surface area contributed by atoms with Crippen molar-refractivity contribution in [2.45, 2.75) is 71.1 Å². The van der Waals surface area contributed by atoms with E-state index in [4.69, 9.17) is 4.74 Å². The van der Waals surface area contributed by atoms with Gasteiger partial charge in [-0.3, -0.25) is 4.79 Å². The van der Waals surface area contributed by atoms with E-state index in [-0.39, 0.29) is 11.9 Å². The van der Waals surface area contributed by atoms with Crippen LogP contribution >= 0.6 is 0 Å². The Morgan fingerprint density at radius 3 is 2.61 bits per heavy atom. The van der Waals surface area contributed by atoms with Crippen LogP contribution < -0.4 is 5.32 Å². The molecule has 0 aromatic heterocycles. The number of amides is 1. The topological polar surface area (TPSA) is 58.6 Å². The first-order valence-electron chi connectivity index (χ1n) is 7.10. The van der Waals surface area contributed by atoms with Crippen molar-refractivity contribution in [1.82, 2.24) is 5.32 Å². The van der Waals surface area contributed by atoms with E-state index in [0.717, 1.165) is 32.1 Å². The van der Waals surface area contributed by atoms with Crippen LogP contribution in [0.15, 0.2) is 0 Å². The Hall–Kier alpha value is -0.610. The lowest BCUT2D eigenvalue weighted by molar-refractivity contribution is -0.133. The molecule has 1 amide bonds. The molecule has 4 heteroatoms. The number of aliphatic hydroxyl groups is 1. The van der Waals surface area contributed by atoms with Gasteiger partial charge in [-0.1, -0.05) is 26.7 Å². The summed E-state index contributed by atoms with van der Waals surface area (Å²) in [6, 6.07) is -0.0950. The van der Waals surface area contributed by atoms with Crippen LogP contribution in [-0.4, -0.2) is 35.9 Å². The van der Waals surface area contributed by atoms with E-state index < -0.39 is 12.2 Å². The summed E-state index contributed by atoms with van der Waals surface area (Å²) in [5.74, 6) is 0.477. The number of aliphatic hydroxyl groups excluding tert-OH is 1. The van der Waals surface area contributed by atoms with Crippen LogP contribution in [0.25, 0.3) is 0 Å². The first-order valence-corrected chi connectivity index (χ1v) is 7.10. The fourth-order valence-electron chi connectivity index (χ4n) is 2.14. The van der Waals surface area contributed by atoms with Crippen LogP contribution in [0.5, 0.6) is 0 Å². The molecule has 4 nitrogen and oxygen atoms in total. The largest absolute Gasteiger partial charge is 0.391 e. The van der Waals surface area contributed by atoms with Gasteiger partial charge in [0.15, 0.2) is 0 Å². The van der Waals surface area contributed by atoms with E-state index in [1.54, 1.807) is 6.92 Å². The molecule has 0 aliphatic heterocycles. The van der Waals surface area contributed by atoms with Crippen molar-refractivity contribution in [3.8, 4) is 0 Å². The molecule has 0 heterocycles. The second-order valence-electron chi connectivity index (χ2n) is 5.66. The van der Waals surface area contributed by atoms with Gasteiger partial charge in [-0.15, -0.1) is 0 Å². The van der Waals surface area contributed by atoms with Gasteiger partial charge in [-0.2, -0.15) is 0 Å². The van der Waals surface area contributed by atoms with E-state index in [2.05, 4.69) is 19.2 Å². The van der Waals surface area contributed by atoms with Crippen molar-refractivity contribution >= 4 is 5.91 Å². The molecule has 1 aliphatic carbocycles. The van der Waals surface area contributed by atoms with Gasteiger partial charge >= 0.3 is 0 Å². The molecule has 1 saturated carbocycles. The molecule has 1 aliphatic rings. The molecule has 0 bridgehead atoms. The molecule has 0 aromatic carbocycles. The van der Waals surface area contributed by atoms with E-state index in [0.29, 0.717) is 12.5 Å². The average Bonchev–Trinajstić information content (AvgIpc) is 2.31. The van der Waals surface area contributed by atoms with E-state index in [9.17, 15) is 9.90 Å². The first-order chi connectivity index (χ1) is 8.50. The molecule has 3 atom stereocenters. The minimum Gasteiger partial charge on any atom is -0.391 e. The zero-order chi connectivity index (χ0) is 13.5. The second kappa shape index (κ2) is 7.74. The maximum Gasteiger partial charge on any atom is 0.249 e. The van der Waals surface area contributed by atoms with Gasteiger partial charge in [-0.05, 0) is 32.1 Å². The molecule has 0 radical (unpaired) electrons. The molecule has 1 rings (SSSR count). The lowest BCUT2D eigenvalue weighted by Gasteiger charge is -2.29. The highest BCUT2D eigenvalue weighted by molar-refractivity contribution is 5.80. The van der Waals surface area contributed by atoms with Crippen LogP contribution in [-0.2, 0) is 9.53 Å². The Kier molecular flexibility index (Phi) is 6.65. The molecule has 0 aromatic rings. The molecule has 1 fully saturated rings. The highest BCUT2D eigenvalue weighted by Crippen LogP contribution is 2.18. The second-order valence-corrected chi connectivity index (χ2v) is 5.66. The summed E-state index contributed by atoms with van der Waals surface area (Å²) in [5.41, 5.74) is 0. The third kappa shape index (κ3) is 5.36. The van der Waals surface area contributed by atoms with E-state index >= 15 is 0 Å². The summed E-state index contributed by atoms with van der Waals surface area (Å²) < 4.78 is 5.50. The molecule has 0 spiro atoms. The van der Waals surface area contributed by atoms with E-state index in [1.165, 1.54) is 0 Å². The normalized spacial score (nSPS) is 26.1. The fraction of sp³-hybridized carbons (Fsp3) is 0.929. The zero-order valence-corrected chi connectivity index (χ0v) is 11.8. The summed E-state index contributed by atoms with van der Waals surface area (Å²) in [6.45, 7) is 6.64. The maximum absolute atomic E-state index is 11.9. The molecular formula is C14H27NO3. The van der Waals surface area contributed by atoms with Crippen molar-refractivity contribution in [2.75, 3.05) is 6.61 Å². The highest BCUT2D eigenvalue weighted by atomic mass is 16.5. The first kappa shape index (κ1) is 15.4. The van der Waals surface area contributed by atoms with Crippen molar-refractivity contribution < 1.29 is 14.6 Å². The van der Waals surface area contributed by atoms with Gasteiger partial charge in [0.25, 0.3) is 0 Å². The summed E-state index contributed by atoms with van der Waals surface area (Å²) in [7, 11) is 0. The van der Waals surface area contributed by atoms with Crippen LogP contribution in [0.2, 0.25) is 0 Å². The summed E-state index contributed by atoms with van der Waals surface area (Å²) in [5, 5.41) is 12.7. The van der Waals surface area contributed by atoms with Crippen LogP contribution in [0.1, 0.15) is 52.9 Å². The Morgan fingerprint density at radius 2 is 2.00 bits per heavy atom. The van der Waals surface area contributed by atoms with Gasteiger partial charge in [0.05, 0.1) is 12.1 Å². The summed E-state index contributed by atoms with van der Waals surface area (Å²) >= 11 is 0. The number of ether oxygens (including phenoxy) is 1. The van der Waals surface area contributed by atoms with Gasteiger partial charge in [0.1, 0.15) is 6.10 Å². The van der Waals surface area contributed by atoms with Gasteiger partial charge in [-0.25, -0.2) is 0 Å². The smallest absolute Gasteiger partial charge is 0.249 e.